The van der Waals surface area contributed by atoms with Crippen LogP contribution in [-0.2, 0) is 16.1 Å². The number of carbonyl (C=O) groups excluding carboxylic acids is 1. The number of nitrogens with zero attached hydrogens (tertiary/aromatic N) is 2. The van der Waals surface area contributed by atoms with Crippen molar-refractivity contribution in [3.8, 4) is 5.75 Å². The molecule has 5 rings (SSSR count). The van der Waals surface area contributed by atoms with Crippen molar-refractivity contribution >= 4 is 45.4 Å². The first-order valence-electron chi connectivity index (χ1n) is 10.7. The molecule has 4 aromatic rings. The van der Waals surface area contributed by atoms with Crippen molar-refractivity contribution < 1.29 is 18.7 Å². The monoisotopic (exact) mass is 465 g/mol. The summed E-state index contributed by atoms with van der Waals surface area (Å²) in [6, 6.07) is 14.6. The first-order chi connectivity index (χ1) is 16.1. The number of rotatable bonds is 7. The fourth-order valence-corrected chi connectivity index (χ4v) is 4.75. The summed E-state index contributed by atoms with van der Waals surface area (Å²) in [5.41, 5.74) is 1.72. The summed E-state index contributed by atoms with van der Waals surface area (Å²) in [6.45, 7) is 1.06. The van der Waals surface area contributed by atoms with Crippen molar-refractivity contribution in [2.45, 2.75) is 30.6 Å². The Morgan fingerprint density at radius 2 is 2.15 bits per heavy atom. The van der Waals surface area contributed by atoms with Gasteiger partial charge in [0.1, 0.15) is 16.8 Å². The maximum Gasteiger partial charge on any atom is 0.297 e. The van der Waals surface area contributed by atoms with E-state index in [0.29, 0.717) is 40.8 Å². The van der Waals surface area contributed by atoms with Gasteiger partial charge in [-0.2, -0.15) is 0 Å². The zero-order valence-corrected chi connectivity index (χ0v) is 18.9. The van der Waals surface area contributed by atoms with Crippen LogP contribution in [0.4, 0.5) is 5.69 Å². The Morgan fingerprint density at radius 1 is 1.27 bits per heavy atom. The van der Waals surface area contributed by atoms with Gasteiger partial charge in [-0.05, 0) is 37.1 Å². The number of amides is 1. The molecule has 1 saturated heterocycles. The highest BCUT2D eigenvalue weighted by molar-refractivity contribution is 7.99. The minimum absolute atomic E-state index is 0.0590. The van der Waals surface area contributed by atoms with Crippen molar-refractivity contribution in [1.29, 1.82) is 0 Å². The normalized spacial score (nSPS) is 15.8. The molecule has 1 atom stereocenters. The Kier molecular flexibility index (Phi) is 6.06. The molecule has 1 amide bonds. The second kappa shape index (κ2) is 9.29. The molecule has 0 spiro atoms. The van der Waals surface area contributed by atoms with Gasteiger partial charge in [0, 0.05) is 23.7 Å². The lowest BCUT2D eigenvalue weighted by Gasteiger charge is -2.15. The van der Waals surface area contributed by atoms with Crippen LogP contribution in [0.5, 0.6) is 5.75 Å². The Labute approximate surface area is 193 Å². The molecule has 0 saturated carbocycles. The Hall–Kier alpha value is -3.30. The Morgan fingerprint density at radius 3 is 2.97 bits per heavy atom. The fourth-order valence-electron chi connectivity index (χ4n) is 3.94. The second-order valence-corrected chi connectivity index (χ2v) is 8.73. The smallest absolute Gasteiger partial charge is 0.297 e. The third kappa shape index (κ3) is 4.46. The predicted molar refractivity (Wildman–Crippen MR) is 127 cm³/mol. The van der Waals surface area contributed by atoms with E-state index in [1.54, 1.807) is 29.9 Å². The zero-order chi connectivity index (χ0) is 22.8. The average molecular weight is 466 g/mol. The number of hydrogen-bond donors (Lipinski definition) is 1. The number of aromatic nitrogens is 2. The molecule has 9 heteroatoms. The fraction of sp³-hybridized carbons (Fsp3) is 0.292. The maximum absolute atomic E-state index is 13.4. The van der Waals surface area contributed by atoms with Crippen LogP contribution in [0.25, 0.3) is 22.1 Å². The van der Waals surface area contributed by atoms with Gasteiger partial charge in [0.05, 0.1) is 25.5 Å². The number of para-hydroxylation sites is 1. The summed E-state index contributed by atoms with van der Waals surface area (Å²) < 4.78 is 18.4. The molecule has 1 aliphatic rings. The van der Waals surface area contributed by atoms with Crippen molar-refractivity contribution in [3.63, 3.8) is 0 Å². The first kappa shape index (κ1) is 21.5. The molecule has 1 N–H and O–H groups in total. The molecule has 3 heterocycles. The van der Waals surface area contributed by atoms with E-state index in [1.807, 2.05) is 30.3 Å². The van der Waals surface area contributed by atoms with Crippen molar-refractivity contribution in [2.75, 3.05) is 24.8 Å². The van der Waals surface area contributed by atoms with Gasteiger partial charge >= 0.3 is 0 Å². The van der Waals surface area contributed by atoms with E-state index in [0.717, 1.165) is 18.2 Å². The molecule has 0 aliphatic carbocycles. The summed E-state index contributed by atoms with van der Waals surface area (Å²) in [4.78, 5) is 30.7. The summed E-state index contributed by atoms with van der Waals surface area (Å²) in [6.07, 6.45) is 1.78. The molecule has 33 heavy (non-hydrogen) atoms. The van der Waals surface area contributed by atoms with Crippen LogP contribution in [0.2, 0.25) is 0 Å². The minimum atomic E-state index is -0.262. The van der Waals surface area contributed by atoms with Gasteiger partial charge in [0.15, 0.2) is 5.16 Å². The Bertz CT molecular complexity index is 1370. The number of furan rings is 1. The molecular weight excluding hydrogens is 442 g/mol. The minimum Gasteiger partial charge on any atom is -0.497 e. The van der Waals surface area contributed by atoms with E-state index in [2.05, 4.69) is 5.32 Å². The largest absolute Gasteiger partial charge is 0.497 e. The molecule has 1 fully saturated rings. The number of methoxy groups -OCH3 is 1. The average Bonchev–Trinajstić information content (AvgIpc) is 3.48. The van der Waals surface area contributed by atoms with E-state index in [-0.39, 0.29) is 28.9 Å². The van der Waals surface area contributed by atoms with Crippen LogP contribution in [-0.4, -0.2) is 41.0 Å². The molecule has 0 unspecified atom stereocenters. The van der Waals surface area contributed by atoms with Gasteiger partial charge in [-0.1, -0.05) is 30.0 Å². The standard InChI is InChI=1S/C24H23N3O5S/c1-30-16-7-4-6-15(12-16)25-20(28)14-33-24-26-21-18-9-2-3-10-19(18)32-22(21)23(29)27(24)13-17-8-5-11-31-17/h2-4,6-7,9-10,12,17H,5,8,11,13-14H2,1H3,(H,25,28)/t17-/m1/s1. The van der Waals surface area contributed by atoms with Crippen LogP contribution in [0.1, 0.15) is 12.8 Å². The molecule has 0 radical (unpaired) electrons. The molecule has 2 aromatic carbocycles. The lowest BCUT2D eigenvalue weighted by atomic mass is 10.2. The molecule has 1 aliphatic heterocycles. The van der Waals surface area contributed by atoms with Gasteiger partial charge in [-0.3, -0.25) is 14.2 Å². The number of ether oxygens (including phenoxy) is 2. The van der Waals surface area contributed by atoms with E-state index >= 15 is 0 Å². The second-order valence-electron chi connectivity index (χ2n) is 7.79. The molecule has 170 valence electrons. The maximum atomic E-state index is 13.4. The number of fused-ring (bicyclic) bond motifs is 3. The van der Waals surface area contributed by atoms with Crippen molar-refractivity contribution in [2.24, 2.45) is 0 Å². The molecular formula is C24H23N3O5S. The third-order valence-corrected chi connectivity index (χ3v) is 6.52. The summed E-state index contributed by atoms with van der Waals surface area (Å²) in [5.74, 6) is 0.546. The topological polar surface area (TPSA) is 95.6 Å². The lowest BCUT2D eigenvalue weighted by Crippen LogP contribution is -2.29. The number of thioether (sulfide) groups is 1. The van der Waals surface area contributed by atoms with Gasteiger partial charge in [-0.25, -0.2) is 4.98 Å². The SMILES string of the molecule is COc1cccc(NC(=O)CSc2nc3c(oc4ccccc43)c(=O)n2C[C@H]2CCCO2)c1. The highest BCUT2D eigenvalue weighted by Gasteiger charge is 2.23. The van der Waals surface area contributed by atoms with Gasteiger partial charge < -0.3 is 19.2 Å². The lowest BCUT2D eigenvalue weighted by molar-refractivity contribution is -0.113. The number of anilines is 1. The number of nitrogens with one attached hydrogen (secondary N) is 1. The van der Waals surface area contributed by atoms with Crippen LogP contribution < -0.4 is 15.6 Å². The molecule has 0 bridgehead atoms. The van der Waals surface area contributed by atoms with Crippen LogP contribution >= 0.6 is 11.8 Å². The first-order valence-corrected chi connectivity index (χ1v) is 11.7. The van der Waals surface area contributed by atoms with E-state index in [1.165, 1.54) is 11.8 Å². The van der Waals surface area contributed by atoms with Crippen molar-refractivity contribution in [3.05, 3.63) is 58.9 Å². The van der Waals surface area contributed by atoms with E-state index in [9.17, 15) is 9.59 Å². The zero-order valence-electron chi connectivity index (χ0n) is 18.1. The Balaban J connectivity index is 1.45. The predicted octanol–water partition coefficient (Wildman–Crippen LogP) is 4.06. The van der Waals surface area contributed by atoms with Gasteiger partial charge in [-0.15, -0.1) is 0 Å². The van der Waals surface area contributed by atoms with Gasteiger partial charge in [0.2, 0.25) is 11.5 Å². The van der Waals surface area contributed by atoms with Crippen LogP contribution in [0.15, 0.2) is 62.9 Å². The third-order valence-electron chi connectivity index (χ3n) is 5.54. The van der Waals surface area contributed by atoms with Crippen LogP contribution in [0.3, 0.4) is 0 Å². The number of carbonyl (C=O) groups is 1. The van der Waals surface area contributed by atoms with E-state index in [4.69, 9.17) is 18.9 Å². The number of hydrogen-bond acceptors (Lipinski definition) is 7. The number of benzene rings is 2. The quantitative estimate of drug-likeness (QED) is 0.325. The molecule has 8 nitrogen and oxygen atoms in total. The highest BCUT2D eigenvalue weighted by atomic mass is 32.2. The van der Waals surface area contributed by atoms with E-state index < -0.39 is 0 Å². The van der Waals surface area contributed by atoms with Crippen LogP contribution in [0, 0.1) is 0 Å². The summed E-state index contributed by atoms with van der Waals surface area (Å²) in [7, 11) is 1.57. The highest BCUT2D eigenvalue weighted by Crippen LogP contribution is 2.28. The summed E-state index contributed by atoms with van der Waals surface area (Å²) >= 11 is 1.22. The summed E-state index contributed by atoms with van der Waals surface area (Å²) in [5, 5.41) is 4.10. The van der Waals surface area contributed by atoms with Gasteiger partial charge in [0.25, 0.3) is 5.56 Å². The van der Waals surface area contributed by atoms with Crippen molar-refractivity contribution in [1.82, 2.24) is 9.55 Å². The molecule has 2 aromatic heterocycles.